The minimum Gasteiger partial charge on any atom is -0.331 e. The van der Waals surface area contributed by atoms with E-state index in [9.17, 15) is 0 Å². The third-order valence-corrected chi connectivity index (χ3v) is 3.80. The molecule has 0 aliphatic heterocycles. The zero-order valence-corrected chi connectivity index (χ0v) is 13.6. The Morgan fingerprint density at radius 2 is 1.85 bits per heavy atom. The van der Waals surface area contributed by atoms with Gasteiger partial charge in [-0.2, -0.15) is 5.10 Å². The van der Waals surface area contributed by atoms with Crippen LogP contribution in [0.2, 0.25) is 0 Å². The second-order valence-electron chi connectivity index (χ2n) is 6.63. The molecule has 0 fully saturated rings. The molecule has 0 atom stereocenters. The van der Waals surface area contributed by atoms with Crippen molar-refractivity contribution in [2.45, 2.75) is 20.3 Å². The maximum atomic E-state index is 4.52. The molecule has 20 heavy (non-hydrogen) atoms. The summed E-state index contributed by atoms with van der Waals surface area (Å²) in [7, 11) is 8.71. The maximum Gasteiger partial charge on any atom is 0.0821 e. The predicted octanol–water partition coefficient (Wildman–Crippen LogP) is 2.95. The van der Waals surface area contributed by atoms with Gasteiger partial charge < -0.3 is 4.48 Å². The minimum atomic E-state index is 0.995. The Kier molecular flexibility index (Phi) is 4.00. The van der Waals surface area contributed by atoms with Crippen molar-refractivity contribution in [3.63, 3.8) is 0 Å². The van der Waals surface area contributed by atoms with Gasteiger partial charge in [0.25, 0.3) is 0 Å². The van der Waals surface area contributed by atoms with Crippen LogP contribution in [-0.2, 0) is 13.5 Å². The fourth-order valence-corrected chi connectivity index (χ4v) is 2.54. The SMILES string of the molecule is Cc1nn(C)c(C)c1-c1cccc(CC[N+](C)(C)C)c1. The number of quaternary nitrogens is 1. The van der Waals surface area contributed by atoms with Gasteiger partial charge in [-0.3, -0.25) is 4.68 Å². The molecule has 0 unspecified atom stereocenters. The number of nitrogens with zero attached hydrogens (tertiary/aromatic N) is 3. The van der Waals surface area contributed by atoms with E-state index < -0.39 is 0 Å². The highest BCUT2D eigenvalue weighted by Gasteiger charge is 2.13. The second-order valence-corrected chi connectivity index (χ2v) is 6.63. The third-order valence-electron chi connectivity index (χ3n) is 3.80. The summed E-state index contributed by atoms with van der Waals surface area (Å²) in [6.45, 7) is 5.36. The lowest BCUT2D eigenvalue weighted by atomic mass is 10.00. The van der Waals surface area contributed by atoms with E-state index >= 15 is 0 Å². The standard InChI is InChI=1S/C17H26N3/c1-13-17(14(2)19(3)18-13)16-9-7-8-15(12-16)10-11-20(4,5)6/h7-9,12H,10-11H2,1-6H3/q+1. The van der Waals surface area contributed by atoms with Crippen molar-refractivity contribution in [1.29, 1.82) is 0 Å². The molecule has 3 heteroatoms. The van der Waals surface area contributed by atoms with Gasteiger partial charge in [-0.05, 0) is 25.0 Å². The van der Waals surface area contributed by atoms with Crippen LogP contribution in [0.15, 0.2) is 24.3 Å². The van der Waals surface area contributed by atoms with Crippen molar-refractivity contribution in [1.82, 2.24) is 9.78 Å². The normalized spacial score (nSPS) is 11.9. The van der Waals surface area contributed by atoms with Crippen LogP contribution in [-0.4, -0.2) is 42.0 Å². The summed E-state index contributed by atoms with van der Waals surface area (Å²) in [5.74, 6) is 0. The van der Waals surface area contributed by atoms with E-state index in [0.717, 1.165) is 23.1 Å². The largest absolute Gasteiger partial charge is 0.331 e. The Balaban J connectivity index is 2.30. The number of benzene rings is 1. The molecule has 0 aliphatic carbocycles. The molecule has 108 valence electrons. The van der Waals surface area contributed by atoms with Gasteiger partial charge in [0.2, 0.25) is 0 Å². The molecule has 2 rings (SSSR count). The predicted molar refractivity (Wildman–Crippen MR) is 84.7 cm³/mol. The lowest BCUT2D eigenvalue weighted by molar-refractivity contribution is -0.870. The molecule has 3 nitrogen and oxygen atoms in total. The zero-order chi connectivity index (χ0) is 14.9. The summed E-state index contributed by atoms with van der Waals surface area (Å²) in [6, 6.07) is 8.88. The number of hydrogen-bond acceptors (Lipinski definition) is 1. The molecule has 0 spiro atoms. The van der Waals surface area contributed by atoms with Gasteiger partial charge in [-0.15, -0.1) is 0 Å². The highest BCUT2D eigenvalue weighted by Crippen LogP contribution is 2.27. The lowest BCUT2D eigenvalue weighted by Gasteiger charge is -2.23. The molecule has 0 saturated carbocycles. The summed E-state index contributed by atoms with van der Waals surface area (Å²) in [5, 5.41) is 4.52. The van der Waals surface area contributed by atoms with Crippen molar-refractivity contribution in [3.05, 3.63) is 41.2 Å². The number of aryl methyl sites for hydroxylation is 2. The van der Waals surface area contributed by atoms with Gasteiger partial charge in [0, 0.05) is 24.7 Å². The number of likely N-dealkylation sites (N-methyl/N-ethyl adjacent to an activating group) is 1. The maximum absolute atomic E-state index is 4.52. The van der Waals surface area contributed by atoms with Crippen molar-refractivity contribution in [2.75, 3.05) is 27.7 Å². The van der Waals surface area contributed by atoms with Crippen LogP contribution in [0, 0.1) is 13.8 Å². The molecule has 0 saturated heterocycles. The first-order valence-corrected chi connectivity index (χ1v) is 7.18. The van der Waals surface area contributed by atoms with Crippen LogP contribution in [0.25, 0.3) is 11.1 Å². The first kappa shape index (κ1) is 14.8. The van der Waals surface area contributed by atoms with Gasteiger partial charge >= 0.3 is 0 Å². The molecule has 0 N–H and O–H groups in total. The van der Waals surface area contributed by atoms with Crippen LogP contribution in [0.4, 0.5) is 0 Å². The summed E-state index contributed by atoms with van der Waals surface area (Å²) in [5.41, 5.74) is 6.30. The van der Waals surface area contributed by atoms with E-state index in [0.29, 0.717) is 0 Å². The first-order chi connectivity index (χ1) is 9.28. The third kappa shape index (κ3) is 3.28. The van der Waals surface area contributed by atoms with E-state index in [4.69, 9.17) is 0 Å². The second kappa shape index (κ2) is 5.41. The molecule has 1 aromatic heterocycles. The van der Waals surface area contributed by atoms with Gasteiger partial charge in [0.1, 0.15) is 0 Å². The van der Waals surface area contributed by atoms with Crippen molar-refractivity contribution < 1.29 is 4.48 Å². The van der Waals surface area contributed by atoms with Gasteiger partial charge in [0.15, 0.2) is 0 Å². The Hall–Kier alpha value is -1.61. The average molecular weight is 272 g/mol. The molecule has 0 bridgehead atoms. The van der Waals surface area contributed by atoms with E-state index in [1.807, 2.05) is 11.7 Å². The molecular weight excluding hydrogens is 246 g/mol. The quantitative estimate of drug-likeness (QED) is 0.783. The Morgan fingerprint density at radius 3 is 2.40 bits per heavy atom. The fourth-order valence-electron chi connectivity index (χ4n) is 2.54. The van der Waals surface area contributed by atoms with E-state index in [1.165, 1.54) is 22.4 Å². The number of aromatic nitrogens is 2. The highest BCUT2D eigenvalue weighted by molar-refractivity contribution is 5.69. The Labute approximate surface area is 122 Å². The average Bonchev–Trinajstić information content (AvgIpc) is 2.60. The van der Waals surface area contributed by atoms with Crippen LogP contribution >= 0.6 is 0 Å². The van der Waals surface area contributed by atoms with E-state index in [2.05, 4.69) is 64.4 Å². The smallest absolute Gasteiger partial charge is 0.0821 e. The Morgan fingerprint density at radius 1 is 1.15 bits per heavy atom. The molecule has 0 amide bonds. The van der Waals surface area contributed by atoms with E-state index in [1.54, 1.807) is 0 Å². The van der Waals surface area contributed by atoms with Crippen LogP contribution in [0.1, 0.15) is 17.0 Å². The van der Waals surface area contributed by atoms with Crippen molar-refractivity contribution in [3.8, 4) is 11.1 Å². The molecule has 0 radical (unpaired) electrons. The van der Waals surface area contributed by atoms with Crippen molar-refractivity contribution in [2.24, 2.45) is 7.05 Å². The van der Waals surface area contributed by atoms with Crippen molar-refractivity contribution >= 4 is 0 Å². The zero-order valence-electron chi connectivity index (χ0n) is 13.6. The van der Waals surface area contributed by atoms with Gasteiger partial charge in [-0.1, -0.05) is 24.3 Å². The molecule has 1 heterocycles. The topological polar surface area (TPSA) is 17.8 Å². The summed E-state index contributed by atoms with van der Waals surface area (Å²) >= 11 is 0. The first-order valence-electron chi connectivity index (χ1n) is 7.18. The summed E-state index contributed by atoms with van der Waals surface area (Å²) < 4.78 is 2.96. The number of hydrogen-bond donors (Lipinski definition) is 0. The highest BCUT2D eigenvalue weighted by atomic mass is 15.3. The van der Waals surface area contributed by atoms with Gasteiger partial charge in [-0.25, -0.2) is 0 Å². The Bertz CT molecular complexity index is 603. The van der Waals surface area contributed by atoms with Crippen LogP contribution in [0.3, 0.4) is 0 Å². The van der Waals surface area contributed by atoms with Crippen LogP contribution in [0.5, 0.6) is 0 Å². The van der Waals surface area contributed by atoms with Gasteiger partial charge in [0.05, 0.1) is 33.4 Å². The van der Waals surface area contributed by atoms with E-state index in [-0.39, 0.29) is 0 Å². The van der Waals surface area contributed by atoms with Crippen LogP contribution < -0.4 is 0 Å². The molecular formula is C17H26N3+. The molecule has 1 aromatic carbocycles. The molecule has 0 aliphatic rings. The minimum absolute atomic E-state index is 0.995. The summed E-state index contributed by atoms with van der Waals surface area (Å²) in [4.78, 5) is 0. The molecule has 2 aromatic rings. The monoisotopic (exact) mass is 272 g/mol. The fraction of sp³-hybridized carbons (Fsp3) is 0.471. The number of rotatable bonds is 4. The lowest BCUT2D eigenvalue weighted by Crippen LogP contribution is -2.36. The summed E-state index contributed by atoms with van der Waals surface area (Å²) in [6.07, 6.45) is 1.11.